The van der Waals surface area contributed by atoms with Crippen LogP contribution >= 0.6 is 0 Å². The average Bonchev–Trinajstić information content (AvgIpc) is 2.79. The minimum absolute atomic E-state index is 0.552. The molecule has 0 fully saturated rings. The number of rotatable bonds is 14. The van der Waals surface area contributed by atoms with E-state index in [0.29, 0.717) is 17.8 Å². The molecular weight excluding hydrogens is 792 g/mol. The van der Waals surface area contributed by atoms with Crippen LogP contribution in [0.25, 0.3) is 0 Å². The second-order valence-corrected chi connectivity index (χ2v) is 60.4. The molecule has 0 unspecified atom stereocenters. The van der Waals surface area contributed by atoms with Crippen molar-refractivity contribution < 1.29 is 0 Å². The molecule has 0 nitrogen and oxygen atoms in total. The van der Waals surface area contributed by atoms with Crippen molar-refractivity contribution >= 4 is 76.7 Å². The summed E-state index contributed by atoms with van der Waals surface area (Å²) in [6.45, 7) is 63.4. The summed E-state index contributed by atoms with van der Waals surface area (Å²) >= 11 is -1.21. The van der Waals surface area contributed by atoms with Gasteiger partial charge in [0.1, 0.15) is 0 Å². The molecule has 0 aliphatic carbocycles. The van der Waals surface area contributed by atoms with Crippen LogP contribution in [0.1, 0.15) is 108 Å². The Morgan fingerprint density at radius 3 is 0.796 bits per heavy atom. The fourth-order valence-corrected chi connectivity index (χ4v) is 55.9. The van der Waals surface area contributed by atoms with Crippen LogP contribution in [0, 0.1) is 0 Å². The van der Waals surface area contributed by atoms with Gasteiger partial charge in [0, 0.05) is 0 Å². The number of hydrogen-bond acceptors (Lipinski definition) is 0. The van der Waals surface area contributed by atoms with E-state index in [1.165, 1.54) is 0 Å². The molecule has 2 radical (unpaired) electrons. The van der Waals surface area contributed by atoms with Crippen LogP contribution in [0.3, 0.4) is 0 Å². The second kappa shape index (κ2) is 15.7. The first-order valence-electron chi connectivity index (χ1n) is 19.7. The molecule has 0 amide bonds. The van der Waals surface area contributed by atoms with E-state index in [0.717, 1.165) is 15.5 Å². The molecule has 0 atom stereocenters. The predicted octanol–water partition coefficient (Wildman–Crippen LogP) is 13.2. The molecule has 0 bridgehead atoms. The van der Waals surface area contributed by atoms with E-state index in [4.69, 9.17) is 0 Å². The maximum absolute atomic E-state index is 2.94. The van der Waals surface area contributed by atoms with Crippen molar-refractivity contribution in [2.24, 2.45) is 0 Å². The summed E-state index contributed by atoms with van der Waals surface area (Å²) in [7, 11) is -9.28. The average molecular weight is 874 g/mol. The van der Waals surface area contributed by atoms with Crippen molar-refractivity contribution in [3.05, 3.63) is 57.6 Å². The topological polar surface area (TPSA) is 0 Å². The van der Waals surface area contributed by atoms with E-state index in [2.05, 4.69) is 184 Å². The van der Waals surface area contributed by atoms with E-state index in [-0.39, 0.29) is 0 Å². The second-order valence-electron chi connectivity index (χ2n) is 23.2. The van der Waals surface area contributed by atoms with Crippen molar-refractivity contribution in [3.8, 4) is 0 Å². The molecule has 0 heterocycles. The summed E-state index contributed by atoms with van der Waals surface area (Å²) in [5, 5.41) is 2.30. The van der Waals surface area contributed by atoms with Crippen molar-refractivity contribution in [3.63, 3.8) is 0 Å². The van der Waals surface area contributed by atoms with Gasteiger partial charge in [-0.05, 0) is 0 Å². The molecule has 2 aromatic rings. The Kier molecular flexibility index (Phi) is 14.7. The molecule has 0 saturated heterocycles. The zero-order valence-corrected chi connectivity index (χ0v) is 46.1. The first kappa shape index (κ1) is 45.7. The predicted molar refractivity (Wildman–Crippen MR) is 248 cm³/mol. The van der Waals surface area contributed by atoms with E-state index in [1.807, 2.05) is 18.3 Å². The van der Waals surface area contributed by atoms with Crippen molar-refractivity contribution in [2.75, 3.05) is 0 Å². The third-order valence-electron chi connectivity index (χ3n) is 10.8. The summed E-state index contributed by atoms with van der Waals surface area (Å²) in [5.41, 5.74) is 10.5. The Balaban J connectivity index is 3.48. The van der Waals surface area contributed by atoms with E-state index in [9.17, 15) is 0 Å². The quantitative estimate of drug-likeness (QED) is 0.166. The minimum atomic E-state index is -1.57. The molecule has 0 spiro atoms. The molecule has 2 rings (SSSR count). The van der Waals surface area contributed by atoms with Crippen LogP contribution in [-0.4, -0.2) is 69.6 Å². The Morgan fingerprint density at radius 1 is 0.327 bits per heavy atom. The molecule has 0 aliphatic heterocycles. The SMILES string of the molecule is CC(C)c1cc(C(C)C)[c]([Sn][c]2c(C([Si](C)(C)C)[Si](C)(C)C)cc(C([Si](C)(C)C)[Si](C)(C)C)cc2C([Si](C)(C)C)[Si](C)(C)C)c(C(C)C)c1. The van der Waals surface area contributed by atoms with Gasteiger partial charge in [-0.3, -0.25) is 0 Å². The molecule has 0 aliphatic rings. The molecule has 2 aromatic carbocycles. The zero-order chi connectivity index (χ0) is 38.6. The van der Waals surface area contributed by atoms with Crippen molar-refractivity contribution in [1.82, 2.24) is 0 Å². The molecule has 0 saturated carbocycles. The first-order chi connectivity index (χ1) is 21.6. The zero-order valence-electron chi connectivity index (χ0n) is 37.3. The number of benzene rings is 2. The van der Waals surface area contributed by atoms with Crippen LogP contribution in [-0.2, 0) is 0 Å². The van der Waals surface area contributed by atoms with Crippen LogP contribution in [0.4, 0.5) is 0 Å². The molecule has 7 heteroatoms. The van der Waals surface area contributed by atoms with Gasteiger partial charge in [0.05, 0.1) is 0 Å². The molecule has 49 heavy (non-hydrogen) atoms. The summed E-state index contributed by atoms with van der Waals surface area (Å²) in [6, 6.07) is 11.2. The third-order valence-corrected chi connectivity index (χ3v) is 43.4. The van der Waals surface area contributed by atoms with Crippen molar-refractivity contribution in [1.29, 1.82) is 0 Å². The Morgan fingerprint density at radius 2 is 0.571 bits per heavy atom. The van der Waals surface area contributed by atoms with Gasteiger partial charge in [0.2, 0.25) is 0 Å². The van der Waals surface area contributed by atoms with Gasteiger partial charge in [0.25, 0.3) is 0 Å². The van der Waals surface area contributed by atoms with Gasteiger partial charge in [-0.15, -0.1) is 0 Å². The summed E-state index contributed by atoms with van der Waals surface area (Å²) in [6.07, 6.45) is 0. The first-order valence-corrected chi connectivity index (χ1v) is 44.1. The fraction of sp³-hybridized carbons (Fsp3) is 0.714. The Labute approximate surface area is 324 Å². The summed E-state index contributed by atoms with van der Waals surface area (Å²) < 4.78 is 3.78. The molecule has 0 N–H and O–H groups in total. The number of hydrogen-bond donors (Lipinski definition) is 0. The van der Waals surface area contributed by atoms with Gasteiger partial charge in [0.15, 0.2) is 0 Å². The van der Waals surface area contributed by atoms with E-state index in [1.54, 1.807) is 22.3 Å². The standard InChI is InChI=1S/C27H59Si6.C15H23.Sn/c1-28(2,3)25(29(4,5)6)22-19-23(26(30(7,8)9)31(10,11)12)21-24(20-22)27(32(13,14)15)33(16,17)18;1-10(2)13-7-14(11(3)4)9-15(8-13)12(5)6;/h19-20,25-27H,1-18H3;7-8,10-12H,1-6H3;. The van der Waals surface area contributed by atoms with Gasteiger partial charge in [-0.1, -0.05) is 0 Å². The van der Waals surface area contributed by atoms with Crippen molar-refractivity contribution in [2.45, 2.75) is 193 Å². The summed E-state index contributed by atoms with van der Waals surface area (Å²) in [5.74, 6) is 1.67. The maximum atomic E-state index is 2.94. The van der Waals surface area contributed by atoms with Crippen LogP contribution in [0.2, 0.25) is 118 Å². The Hall–Kier alpha value is 0.540. The van der Waals surface area contributed by atoms with Gasteiger partial charge >= 0.3 is 327 Å². The molecular formula is C42H82Si6Sn. The normalized spacial score (nSPS) is 14.5. The molecule has 0 aromatic heterocycles. The Bertz CT molecular complexity index is 1310. The van der Waals surface area contributed by atoms with Crippen LogP contribution < -0.4 is 7.16 Å². The van der Waals surface area contributed by atoms with Gasteiger partial charge in [-0.25, -0.2) is 0 Å². The third kappa shape index (κ3) is 11.3. The van der Waals surface area contributed by atoms with Crippen LogP contribution in [0.15, 0.2) is 24.3 Å². The van der Waals surface area contributed by atoms with Crippen LogP contribution in [0.5, 0.6) is 0 Å². The van der Waals surface area contributed by atoms with Gasteiger partial charge in [-0.2, -0.15) is 0 Å². The van der Waals surface area contributed by atoms with E-state index >= 15 is 0 Å². The van der Waals surface area contributed by atoms with Gasteiger partial charge < -0.3 is 0 Å². The van der Waals surface area contributed by atoms with E-state index < -0.39 is 69.6 Å². The molecule has 278 valence electrons. The monoisotopic (exact) mass is 874 g/mol. The summed E-state index contributed by atoms with van der Waals surface area (Å²) in [4.78, 5) is 0. The fourth-order valence-electron chi connectivity index (χ4n) is 10.5.